The van der Waals surface area contributed by atoms with Gasteiger partial charge in [-0.1, -0.05) is 49.2 Å². The van der Waals surface area contributed by atoms with E-state index in [1.807, 2.05) is 24.3 Å². The third kappa shape index (κ3) is 3.64. The molecule has 30 heavy (non-hydrogen) atoms. The molecule has 2 aromatic carbocycles. The topological polar surface area (TPSA) is 78.3 Å². The predicted octanol–water partition coefficient (Wildman–Crippen LogP) is 5.43. The van der Waals surface area contributed by atoms with Gasteiger partial charge in [-0.25, -0.2) is 0 Å². The number of nitrogens with zero attached hydrogens (tertiary/aromatic N) is 4. The zero-order chi connectivity index (χ0) is 20.5. The van der Waals surface area contributed by atoms with Crippen LogP contribution in [0.2, 0.25) is 5.28 Å². The molecule has 1 unspecified atom stereocenters. The largest absolute Gasteiger partial charge is 0.437 e. The van der Waals surface area contributed by atoms with Crippen LogP contribution >= 0.6 is 11.6 Å². The van der Waals surface area contributed by atoms with Crippen molar-refractivity contribution in [3.05, 3.63) is 71.5 Å². The highest BCUT2D eigenvalue weighted by Crippen LogP contribution is 2.39. The molecule has 0 saturated heterocycles. The molecular weight excluding hydrogens is 398 g/mol. The van der Waals surface area contributed by atoms with Gasteiger partial charge in [-0.2, -0.15) is 4.52 Å². The first-order valence-corrected chi connectivity index (χ1v) is 10.6. The quantitative estimate of drug-likeness (QED) is 0.466. The van der Waals surface area contributed by atoms with Crippen molar-refractivity contribution in [3.63, 3.8) is 0 Å². The summed E-state index contributed by atoms with van der Waals surface area (Å²) in [6.07, 6.45) is 4.93. The average molecular weight is 420 g/mol. The van der Waals surface area contributed by atoms with E-state index in [0.717, 1.165) is 16.7 Å². The third-order valence-electron chi connectivity index (χ3n) is 5.80. The van der Waals surface area contributed by atoms with E-state index in [1.165, 1.54) is 30.2 Å². The Hall–Kier alpha value is -2.96. The highest BCUT2D eigenvalue weighted by molar-refractivity contribution is 6.28. The first-order valence-electron chi connectivity index (χ1n) is 10.2. The summed E-state index contributed by atoms with van der Waals surface area (Å²) in [5.41, 5.74) is 10.4. The lowest BCUT2D eigenvalue weighted by atomic mass is 9.90. The summed E-state index contributed by atoms with van der Waals surface area (Å²) < 4.78 is 7.62. The van der Waals surface area contributed by atoms with Gasteiger partial charge in [0.1, 0.15) is 5.75 Å². The van der Waals surface area contributed by atoms with Crippen LogP contribution in [0, 0.1) is 5.92 Å². The van der Waals surface area contributed by atoms with Gasteiger partial charge in [0.05, 0.1) is 0 Å². The van der Waals surface area contributed by atoms with Gasteiger partial charge in [0, 0.05) is 17.7 Å². The van der Waals surface area contributed by atoms with Crippen LogP contribution in [0.15, 0.2) is 60.7 Å². The highest BCUT2D eigenvalue weighted by Gasteiger charge is 2.24. The Kier molecular flexibility index (Phi) is 5.11. The molecule has 1 aliphatic carbocycles. The van der Waals surface area contributed by atoms with Gasteiger partial charge in [-0.15, -0.1) is 15.3 Å². The molecule has 7 heteroatoms. The fourth-order valence-electron chi connectivity index (χ4n) is 4.19. The van der Waals surface area contributed by atoms with E-state index in [2.05, 4.69) is 39.6 Å². The molecule has 1 fully saturated rings. The Morgan fingerprint density at radius 1 is 1.00 bits per heavy atom. The van der Waals surface area contributed by atoms with E-state index in [4.69, 9.17) is 22.1 Å². The van der Waals surface area contributed by atoms with Gasteiger partial charge in [-0.05, 0) is 59.7 Å². The Balaban J connectivity index is 1.53. The first-order chi connectivity index (χ1) is 14.7. The number of fused-ring (bicyclic) bond motifs is 1. The summed E-state index contributed by atoms with van der Waals surface area (Å²) >= 11 is 6.05. The van der Waals surface area contributed by atoms with Gasteiger partial charge in [0.15, 0.2) is 5.65 Å². The molecule has 0 radical (unpaired) electrons. The van der Waals surface area contributed by atoms with Crippen molar-refractivity contribution in [2.24, 2.45) is 11.7 Å². The monoisotopic (exact) mass is 419 g/mol. The molecule has 152 valence electrons. The van der Waals surface area contributed by atoms with Crippen LogP contribution in [0.1, 0.15) is 37.3 Å². The first kappa shape index (κ1) is 19.0. The summed E-state index contributed by atoms with van der Waals surface area (Å²) in [5.74, 6) is 1.66. The van der Waals surface area contributed by atoms with Crippen molar-refractivity contribution in [1.29, 1.82) is 0 Å². The number of aromatic nitrogens is 4. The van der Waals surface area contributed by atoms with E-state index >= 15 is 0 Å². The Morgan fingerprint density at radius 2 is 1.80 bits per heavy atom. The fraction of sp³-hybridized carbons (Fsp3) is 0.261. The van der Waals surface area contributed by atoms with Gasteiger partial charge in [0.2, 0.25) is 11.2 Å². The minimum atomic E-state index is 0.0364. The van der Waals surface area contributed by atoms with Gasteiger partial charge in [-0.3, -0.25) is 0 Å². The Labute approximate surface area is 179 Å². The zero-order valence-corrected chi connectivity index (χ0v) is 17.2. The minimum absolute atomic E-state index is 0.0364. The molecule has 2 N–H and O–H groups in total. The summed E-state index contributed by atoms with van der Waals surface area (Å²) in [6.45, 7) is 0. The number of ether oxygens (including phenoxy) is 1. The van der Waals surface area contributed by atoms with Crippen LogP contribution in [0.3, 0.4) is 0 Å². The number of halogens is 1. The van der Waals surface area contributed by atoms with E-state index in [-0.39, 0.29) is 11.3 Å². The number of nitrogens with two attached hydrogens (primary N) is 1. The van der Waals surface area contributed by atoms with Crippen molar-refractivity contribution in [2.45, 2.75) is 31.7 Å². The van der Waals surface area contributed by atoms with E-state index in [0.29, 0.717) is 23.2 Å². The number of benzene rings is 2. The second-order valence-corrected chi connectivity index (χ2v) is 8.04. The predicted molar refractivity (Wildman–Crippen MR) is 117 cm³/mol. The zero-order valence-electron chi connectivity index (χ0n) is 16.4. The lowest BCUT2D eigenvalue weighted by Gasteiger charge is -2.21. The summed E-state index contributed by atoms with van der Waals surface area (Å²) in [5, 5.41) is 12.4. The minimum Gasteiger partial charge on any atom is -0.437 e. The standard InChI is InChI=1S/C23H22ClN5O/c24-23-27-26-20-12-13-21(28-29(20)23)30-19-11-10-17(22(25)16-8-4-5-9-16)14-18(19)15-6-2-1-3-7-15/h1-3,6-7,10-14,16,22H,4-5,8-9,25H2. The molecule has 0 amide bonds. The lowest BCUT2D eigenvalue weighted by Crippen LogP contribution is -2.19. The fourth-order valence-corrected chi connectivity index (χ4v) is 4.35. The van der Waals surface area contributed by atoms with Crippen LogP contribution in [0.25, 0.3) is 16.8 Å². The van der Waals surface area contributed by atoms with Crippen LogP contribution < -0.4 is 10.5 Å². The molecule has 2 aromatic heterocycles. The second kappa shape index (κ2) is 8.05. The van der Waals surface area contributed by atoms with E-state index in [9.17, 15) is 0 Å². The second-order valence-electron chi connectivity index (χ2n) is 7.70. The van der Waals surface area contributed by atoms with E-state index in [1.54, 1.807) is 12.1 Å². The normalized spacial score (nSPS) is 15.5. The molecule has 0 spiro atoms. The molecule has 0 aliphatic heterocycles. The maximum atomic E-state index is 6.63. The molecule has 2 heterocycles. The summed E-state index contributed by atoms with van der Waals surface area (Å²) in [6, 6.07) is 19.9. The maximum Gasteiger partial charge on any atom is 0.246 e. The molecular formula is C23H22ClN5O. The van der Waals surface area contributed by atoms with Crippen molar-refractivity contribution in [3.8, 4) is 22.8 Å². The van der Waals surface area contributed by atoms with E-state index < -0.39 is 0 Å². The third-order valence-corrected chi connectivity index (χ3v) is 6.03. The molecule has 1 saturated carbocycles. The highest BCUT2D eigenvalue weighted by atomic mass is 35.5. The summed E-state index contributed by atoms with van der Waals surface area (Å²) in [4.78, 5) is 0. The molecule has 0 bridgehead atoms. The van der Waals surface area contributed by atoms with Crippen molar-refractivity contribution < 1.29 is 4.74 Å². The lowest BCUT2D eigenvalue weighted by molar-refractivity contribution is 0.441. The van der Waals surface area contributed by atoms with Crippen molar-refractivity contribution in [1.82, 2.24) is 19.8 Å². The van der Waals surface area contributed by atoms with Crippen LogP contribution in [0.5, 0.6) is 11.6 Å². The SMILES string of the molecule is NC(c1ccc(Oc2ccc3nnc(Cl)n3n2)c(-c2ccccc2)c1)C1CCCC1. The van der Waals surface area contributed by atoms with Crippen LogP contribution in [-0.4, -0.2) is 19.8 Å². The van der Waals surface area contributed by atoms with Crippen LogP contribution in [-0.2, 0) is 0 Å². The van der Waals surface area contributed by atoms with Crippen molar-refractivity contribution in [2.75, 3.05) is 0 Å². The molecule has 4 aromatic rings. The Morgan fingerprint density at radius 3 is 2.60 bits per heavy atom. The molecule has 6 nitrogen and oxygen atoms in total. The smallest absolute Gasteiger partial charge is 0.246 e. The molecule has 1 atom stereocenters. The van der Waals surface area contributed by atoms with Crippen molar-refractivity contribution >= 4 is 17.2 Å². The van der Waals surface area contributed by atoms with Gasteiger partial charge < -0.3 is 10.5 Å². The average Bonchev–Trinajstić information content (AvgIpc) is 3.45. The van der Waals surface area contributed by atoms with Gasteiger partial charge in [0.25, 0.3) is 0 Å². The molecule has 1 aliphatic rings. The molecule has 5 rings (SSSR count). The van der Waals surface area contributed by atoms with Crippen LogP contribution in [0.4, 0.5) is 0 Å². The number of hydrogen-bond acceptors (Lipinski definition) is 5. The maximum absolute atomic E-state index is 6.63. The Bertz CT molecular complexity index is 1170. The van der Waals surface area contributed by atoms with Gasteiger partial charge >= 0.3 is 0 Å². The number of rotatable bonds is 5. The summed E-state index contributed by atoms with van der Waals surface area (Å²) in [7, 11) is 0. The number of hydrogen-bond donors (Lipinski definition) is 1.